The van der Waals surface area contributed by atoms with Gasteiger partial charge in [0.2, 0.25) is 15.5 Å². The molecule has 5 nitrogen and oxygen atoms in total. The van der Waals surface area contributed by atoms with E-state index in [1.54, 1.807) is 6.92 Å². The number of aromatic nitrogens is 1. The van der Waals surface area contributed by atoms with Gasteiger partial charge in [0, 0.05) is 31.5 Å². The van der Waals surface area contributed by atoms with Crippen LogP contribution >= 0.6 is 0 Å². The third-order valence-electron chi connectivity index (χ3n) is 3.20. The average molecular weight is 306 g/mol. The van der Waals surface area contributed by atoms with Gasteiger partial charge in [0.1, 0.15) is 4.90 Å². The minimum absolute atomic E-state index is 0.223. The number of sulfonamides is 1. The van der Waals surface area contributed by atoms with Crippen LogP contribution in [0.3, 0.4) is 0 Å². The molecule has 0 unspecified atom stereocenters. The van der Waals surface area contributed by atoms with Crippen LogP contribution in [0.25, 0.3) is 0 Å². The first kappa shape index (κ1) is 15.5. The topological polar surface area (TPSA) is 70.2 Å². The predicted octanol–water partition coefficient (Wildman–Crippen LogP) is 1.89. The zero-order valence-corrected chi connectivity index (χ0v) is 12.9. The number of hydrogen-bond donors (Lipinski definition) is 1. The normalized spacial score (nSPS) is 11.8. The molecule has 0 saturated carbocycles. The fourth-order valence-electron chi connectivity index (χ4n) is 2.12. The molecule has 1 N–H and O–H groups in total. The molecule has 0 aliphatic heterocycles. The number of hydrogen-bond acceptors (Lipinski definition) is 3. The number of benzene rings is 1. The van der Waals surface area contributed by atoms with Crippen molar-refractivity contribution >= 4 is 10.0 Å². The molecule has 2 rings (SSSR count). The van der Waals surface area contributed by atoms with E-state index >= 15 is 0 Å². The van der Waals surface area contributed by atoms with Crippen molar-refractivity contribution in [3.05, 3.63) is 64.1 Å². The first-order valence-corrected chi connectivity index (χ1v) is 8.12. The fraction of sp³-hybridized carbons (Fsp3) is 0.267. The van der Waals surface area contributed by atoms with Crippen molar-refractivity contribution < 1.29 is 8.42 Å². The highest BCUT2D eigenvalue weighted by molar-refractivity contribution is 7.89. The summed E-state index contributed by atoms with van der Waals surface area (Å²) in [4.78, 5) is 14.2. The van der Waals surface area contributed by atoms with Crippen LogP contribution < -0.4 is 5.43 Å². The minimum atomic E-state index is -3.80. The molecule has 0 spiro atoms. The molecule has 0 aliphatic carbocycles. The lowest BCUT2D eigenvalue weighted by atomic mass is 10.1. The summed E-state index contributed by atoms with van der Waals surface area (Å²) in [6.45, 7) is 4.25. The second-order valence-electron chi connectivity index (χ2n) is 4.79. The SMILES string of the molecule is CCN(Cc1cccc(C)c1)S(=O)(=O)c1c[nH]ccc1=O. The number of rotatable bonds is 5. The molecular weight excluding hydrogens is 288 g/mol. The van der Waals surface area contributed by atoms with E-state index in [9.17, 15) is 13.2 Å². The van der Waals surface area contributed by atoms with Gasteiger partial charge in [-0.15, -0.1) is 0 Å². The molecule has 0 radical (unpaired) electrons. The third kappa shape index (κ3) is 3.40. The Hall–Kier alpha value is -1.92. The Labute approximate surface area is 124 Å². The number of H-pyrrole nitrogens is 1. The van der Waals surface area contributed by atoms with Gasteiger partial charge in [-0.2, -0.15) is 4.31 Å². The van der Waals surface area contributed by atoms with E-state index < -0.39 is 15.5 Å². The Morgan fingerprint density at radius 3 is 2.62 bits per heavy atom. The first-order valence-electron chi connectivity index (χ1n) is 6.68. The lowest BCUT2D eigenvalue weighted by Gasteiger charge is -2.20. The summed E-state index contributed by atoms with van der Waals surface area (Å²) in [5.41, 5.74) is 1.46. The summed E-state index contributed by atoms with van der Waals surface area (Å²) < 4.78 is 26.5. The number of aryl methyl sites for hydroxylation is 1. The Kier molecular flexibility index (Phi) is 4.59. The molecule has 1 aromatic heterocycles. The minimum Gasteiger partial charge on any atom is -0.366 e. The fourth-order valence-corrected chi connectivity index (χ4v) is 3.60. The Balaban J connectivity index is 2.37. The lowest BCUT2D eigenvalue weighted by Crippen LogP contribution is -2.33. The molecule has 1 aromatic carbocycles. The Morgan fingerprint density at radius 2 is 2.00 bits per heavy atom. The molecule has 0 saturated heterocycles. The van der Waals surface area contributed by atoms with E-state index in [2.05, 4.69) is 4.98 Å². The van der Waals surface area contributed by atoms with Gasteiger partial charge in [0.05, 0.1) is 0 Å². The maximum atomic E-state index is 12.6. The highest BCUT2D eigenvalue weighted by atomic mass is 32.2. The Bertz CT molecular complexity index is 781. The maximum absolute atomic E-state index is 12.6. The molecule has 2 aromatic rings. The van der Waals surface area contributed by atoms with Crippen molar-refractivity contribution in [2.75, 3.05) is 6.54 Å². The van der Waals surface area contributed by atoms with Crippen molar-refractivity contribution in [1.82, 2.24) is 9.29 Å². The van der Waals surface area contributed by atoms with E-state index in [1.807, 2.05) is 31.2 Å². The van der Waals surface area contributed by atoms with Crippen LogP contribution in [-0.4, -0.2) is 24.3 Å². The average Bonchev–Trinajstić information content (AvgIpc) is 2.45. The van der Waals surface area contributed by atoms with Crippen molar-refractivity contribution in [2.45, 2.75) is 25.3 Å². The lowest BCUT2D eigenvalue weighted by molar-refractivity contribution is 0.422. The van der Waals surface area contributed by atoms with E-state index in [1.165, 1.54) is 22.8 Å². The van der Waals surface area contributed by atoms with Crippen LogP contribution in [-0.2, 0) is 16.6 Å². The predicted molar refractivity (Wildman–Crippen MR) is 81.5 cm³/mol. The molecule has 0 bridgehead atoms. The largest absolute Gasteiger partial charge is 0.366 e. The van der Waals surface area contributed by atoms with Gasteiger partial charge in [-0.05, 0) is 12.5 Å². The van der Waals surface area contributed by atoms with Crippen molar-refractivity contribution in [1.29, 1.82) is 0 Å². The molecule has 0 atom stereocenters. The second-order valence-corrected chi connectivity index (χ2v) is 6.70. The summed E-state index contributed by atoms with van der Waals surface area (Å²) in [5.74, 6) is 0. The van der Waals surface area contributed by atoms with Crippen LogP contribution in [0, 0.1) is 6.92 Å². The van der Waals surface area contributed by atoms with Gasteiger partial charge >= 0.3 is 0 Å². The zero-order valence-electron chi connectivity index (χ0n) is 12.0. The Morgan fingerprint density at radius 1 is 1.24 bits per heavy atom. The molecule has 0 fully saturated rings. The quantitative estimate of drug-likeness (QED) is 0.917. The summed E-state index contributed by atoms with van der Waals surface area (Å²) in [6.07, 6.45) is 2.65. The van der Waals surface area contributed by atoms with Gasteiger partial charge in [-0.3, -0.25) is 4.79 Å². The molecule has 0 amide bonds. The second kappa shape index (κ2) is 6.24. The van der Waals surface area contributed by atoms with E-state index in [4.69, 9.17) is 0 Å². The van der Waals surface area contributed by atoms with Gasteiger partial charge in [0.15, 0.2) is 0 Å². The molecule has 6 heteroatoms. The summed E-state index contributed by atoms with van der Waals surface area (Å²) in [6, 6.07) is 8.87. The van der Waals surface area contributed by atoms with Gasteiger partial charge in [0.25, 0.3) is 0 Å². The van der Waals surface area contributed by atoms with Gasteiger partial charge < -0.3 is 4.98 Å². The van der Waals surface area contributed by atoms with Crippen molar-refractivity contribution in [2.24, 2.45) is 0 Å². The number of aromatic amines is 1. The van der Waals surface area contributed by atoms with E-state index in [-0.39, 0.29) is 11.4 Å². The summed E-state index contributed by atoms with van der Waals surface area (Å²) in [7, 11) is -3.80. The van der Waals surface area contributed by atoms with Crippen molar-refractivity contribution in [3.63, 3.8) is 0 Å². The van der Waals surface area contributed by atoms with E-state index in [0.29, 0.717) is 6.54 Å². The molecule has 112 valence electrons. The maximum Gasteiger partial charge on any atom is 0.248 e. The molecule has 21 heavy (non-hydrogen) atoms. The van der Waals surface area contributed by atoms with E-state index in [0.717, 1.165) is 11.1 Å². The standard InChI is InChI=1S/C15H18N2O3S/c1-3-17(11-13-6-4-5-12(2)9-13)21(19,20)15-10-16-8-7-14(15)18/h4-10H,3,11H2,1-2H3,(H,16,18). The number of nitrogens with one attached hydrogen (secondary N) is 1. The zero-order chi connectivity index (χ0) is 15.5. The highest BCUT2D eigenvalue weighted by Crippen LogP contribution is 2.15. The summed E-state index contributed by atoms with van der Waals surface area (Å²) in [5, 5.41) is 0. The number of nitrogens with zero attached hydrogens (tertiary/aromatic N) is 1. The van der Waals surface area contributed by atoms with Crippen LogP contribution in [0.2, 0.25) is 0 Å². The smallest absolute Gasteiger partial charge is 0.248 e. The number of pyridine rings is 1. The third-order valence-corrected chi connectivity index (χ3v) is 5.14. The summed E-state index contributed by atoms with van der Waals surface area (Å²) >= 11 is 0. The van der Waals surface area contributed by atoms with Gasteiger partial charge in [-0.25, -0.2) is 8.42 Å². The van der Waals surface area contributed by atoms with Crippen LogP contribution in [0.15, 0.2) is 52.4 Å². The molecular formula is C15H18N2O3S. The van der Waals surface area contributed by atoms with Crippen LogP contribution in [0.5, 0.6) is 0 Å². The van der Waals surface area contributed by atoms with Crippen molar-refractivity contribution in [3.8, 4) is 0 Å². The van der Waals surface area contributed by atoms with Crippen LogP contribution in [0.4, 0.5) is 0 Å². The molecule has 0 aliphatic rings. The monoisotopic (exact) mass is 306 g/mol. The highest BCUT2D eigenvalue weighted by Gasteiger charge is 2.25. The first-order chi connectivity index (χ1) is 9.95. The van der Waals surface area contributed by atoms with Gasteiger partial charge in [-0.1, -0.05) is 36.8 Å². The van der Waals surface area contributed by atoms with Crippen LogP contribution in [0.1, 0.15) is 18.1 Å². The molecule has 1 heterocycles.